The van der Waals surface area contributed by atoms with E-state index in [1.165, 1.54) is 9.44 Å². The van der Waals surface area contributed by atoms with Crippen LogP contribution in [-0.4, -0.2) is 33.4 Å². The molecule has 1 aliphatic heterocycles. The van der Waals surface area contributed by atoms with Gasteiger partial charge >= 0.3 is 5.76 Å². The maximum Gasteiger partial charge on any atom is 0.419 e. The monoisotopic (exact) mass is 372 g/mol. The highest BCUT2D eigenvalue weighted by Gasteiger charge is 2.20. The van der Waals surface area contributed by atoms with Crippen molar-refractivity contribution in [3.05, 3.63) is 45.4 Å². The van der Waals surface area contributed by atoms with Crippen molar-refractivity contribution in [3.63, 3.8) is 0 Å². The molecule has 2 aromatic heterocycles. The van der Waals surface area contributed by atoms with E-state index in [2.05, 4.69) is 22.1 Å². The van der Waals surface area contributed by atoms with Crippen LogP contribution in [-0.2, 0) is 24.3 Å². The molecule has 0 aliphatic carbocycles. The number of aryl methyl sites for hydroxylation is 1. The molecule has 1 amide bonds. The Hall–Kier alpha value is -2.45. The highest BCUT2D eigenvalue weighted by Crippen LogP contribution is 2.28. The molecule has 0 saturated heterocycles. The molecule has 1 aliphatic rings. The van der Waals surface area contributed by atoms with Crippen LogP contribution >= 0.6 is 11.3 Å². The van der Waals surface area contributed by atoms with Gasteiger partial charge in [-0.1, -0.05) is 19.1 Å². The topological polar surface area (TPSA) is 80.4 Å². The summed E-state index contributed by atoms with van der Waals surface area (Å²) in [4.78, 5) is 32.4. The average Bonchev–Trinajstić information content (AvgIpc) is 3.18. The molecule has 0 spiro atoms. The van der Waals surface area contributed by atoms with E-state index < -0.39 is 5.76 Å². The number of carbonyl (C=O) groups excluding carboxylic acids is 1. The van der Waals surface area contributed by atoms with Crippen LogP contribution in [0.3, 0.4) is 0 Å². The van der Waals surface area contributed by atoms with Gasteiger partial charge in [-0.3, -0.25) is 14.3 Å². The standard InChI is InChI=1S/C18H20N4O3S/c1-2-21-9-7-12-15(11-21)26-17(19-12)20-16(23)8-10-22-13-5-3-4-6-14(13)25-18(22)24/h3-6H,2,7-11H2,1H3,(H,19,20,23). The summed E-state index contributed by atoms with van der Waals surface area (Å²) in [6, 6.07) is 7.21. The zero-order valence-corrected chi connectivity index (χ0v) is 15.3. The number of amides is 1. The van der Waals surface area contributed by atoms with E-state index in [9.17, 15) is 9.59 Å². The zero-order chi connectivity index (χ0) is 18.1. The van der Waals surface area contributed by atoms with Crippen molar-refractivity contribution in [1.82, 2.24) is 14.5 Å². The summed E-state index contributed by atoms with van der Waals surface area (Å²) in [5, 5.41) is 3.51. The van der Waals surface area contributed by atoms with E-state index >= 15 is 0 Å². The second-order valence-corrected chi connectivity index (χ2v) is 7.38. The van der Waals surface area contributed by atoms with Gasteiger partial charge in [-0.05, 0) is 18.7 Å². The van der Waals surface area contributed by atoms with Crippen LogP contribution in [0.4, 0.5) is 5.13 Å². The molecule has 0 radical (unpaired) electrons. The van der Waals surface area contributed by atoms with E-state index in [0.717, 1.165) is 31.7 Å². The fraction of sp³-hybridized carbons (Fsp3) is 0.389. The molecule has 0 bridgehead atoms. The van der Waals surface area contributed by atoms with Gasteiger partial charge in [-0.25, -0.2) is 9.78 Å². The molecule has 8 heteroatoms. The Morgan fingerprint density at radius 3 is 3.08 bits per heavy atom. The van der Waals surface area contributed by atoms with Crippen LogP contribution in [0.5, 0.6) is 0 Å². The number of aromatic nitrogens is 2. The number of carbonyl (C=O) groups is 1. The molecular formula is C18H20N4O3S. The summed E-state index contributed by atoms with van der Waals surface area (Å²) < 4.78 is 6.67. The summed E-state index contributed by atoms with van der Waals surface area (Å²) in [6.45, 7) is 5.35. The lowest BCUT2D eigenvalue weighted by molar-refractivity contribution is -0.116. The first-order chi connectivity index (χ1) is 12.6. The van der Waals surface area contributed by atoms with Crippen LogP contribution < -0.4 is 11.1 Å². The molecule has 3 aromatic rings. The van der Waals surface area contributed by atoms with E-state index in [1.807, 2.05) is 18.2 Å². The van der Waals surface area contributed by atoms with E-state index in [-0.39, 0.29) is 18.9 Å². The molecule has 3 heterocycles. The van der Waals surface area contributed by atoms with E-state index in [1.54, 1.807) is 17.4 Å². The Labute approximate surface area is 154 Å². The van der Waals surface area contributed by atoms with Crippen LogP contribution in [0.1, 0.15) is 23.9 Å². The molecule has 136 valence electrons. The quantitative estimate of drug-likeness (QED) is 0.744. The smallest absolute Gasteiger partial charge is 0.408 e. The summed E-state index contributed by atoms with van der Waals surface area (Å²) in [6.07, 6.45) is 1.11. The molecule has 0 saturated carbocycles. The summed E-state index contributed by atoms with van der Waals surface area (Å²) >= 11 is 1.54. The molecule has 0 fully saturated rings. The van der Waals surface area contributed by atoms with E-state index in [0.29, 0.717) is 16.2 Å². The summed E-state index contributed by atoms with van der Waals surface area (Å²) in [5.41, 5.74) is 2.33. The van der Waals surface area contributed by atoms with Crippen molar-refractivity contribution in [2.45, 2.75) is 32.9 Å². The second-order valence-electron chi connectivity index (χ2n) is 6.29. The minimum absolute atomic E-state index is 0.152. The van der Waals surface area contributed by atoms with Crippen LogP contribution in [0.15, 0.2) is 33.5 Å². The Morgan fingerprint density at radius 2 is 2.23 bits per heavy atom. The SMILES string of the molecule is CCN1CCc2nc(NC(=O)CCn3c(=O)oc4ccccc43)sc2C1. The predicted octanol–water partition coefficient (Wildman–Crippen LogP) is 2.46. The molecule has 4 rings (SSSR count). The number of nitrogens with one attached hydrogen (secondary N) is 1. The number of anilines is 1. The fourth-order valence-corrected chi connectivity index (χ4v) is 4.26. The number of oxazole rings is 1. The van der Waals surface area contributed by atoms with Gasteiger partial charge in [0.15, 0.2) is 10.7 Å². The van der Waals surface area contributed by atoms with Crippen molar-refractivity contribution in [2.75, 3.05) is 18.4 Å². The van der Waals surface area contributed by atoms with Crippen molar-refractivity contribution in [3.8, 4) is 0 Å². The third-order valence-corrected chi connectivity index (χ3v) is 5.64. The van der Waals surface area contributed by atoms with Gasteiger partial charge in [0.25, 0.3) is 0 Å². The first-order valence-electron chi connectivity index (χ1n) is 8.73. The summed E-state index contributed by atoms with van der Waals surface area (Å²) in [7, 11) is 0. The number of hydrogen-bond donors (Lipinski definition) is 1. The first-order valence-corrected chi connectivity index (χ1v) is 9.55. The molecule has 1 N–H and O–H groups in total. The van der Waals surface area contributed by atoms with Gasteiger partial charge in [-0.2, -0.15) is 0 Å². The minimum Gasteiger partial charge on any atom is -0.408 e. The highest BCUT2D eigenvalue weighted by molar-refractivity contribution is 7.15. The fourth-order valence-electron chi connectivity index (χ4n) is 3.19. The normalized spacial score (nSPS) is 14.5. The Balaban J connectivity index is 1.41. The average molecular weight is 372 g/mol. The number of hydrogen-bond acceptors (Lipinski definition) is 6. The third kappa shape index (κ3) is 3.30. The van der Waals surface area contributed by atoms with Gasteiger partial charge in [0.2, 0.25) is 5.91 Å². The van der Waals surface area contributed by atoms with Crippen LogP contribution in [0, 0.1) is 0 Å². The molecule has 0 unspecified atom stereocenters. The number of benzene rings is 1. The van der Waals surface area contributed by atoms with Crippen molar-refractivity contribution in [1.29, 1.82) is 0 Å². The van der Waals surface area contributed by atoms with Gasteiger partial charge in [0.1, 0.15) is 0 Å². The third-order valence-electron chi connectivity index (χ3n) is 4.64. The zero-order valence-electron chi connectivity index (χ0n) is 14.5. The molecule has 7 nitrogen and oxygen atoms in total. The summed E-state index contributed by atoms with van der Waals surface area (Å²) in [5.74, 6) is -0.594. The van der Waals surface area contributed by atoms with Gasteiger partial charge in [-0.15, -0.1) is 11.3 Å². The molecule has 0 atom stereocenters. The van der Waals surface area contributed by atoms with Crippen molar-refractivity contribution < 1.29 is 9.21 Å². The van der Waals surface area contributed by atoms with E-state index in [4.69, 9.17) is 4.42 Å². The highest BCUT2D eigenvalue weighted by atomic mass is 32.1. The Morgan fingerprint density at radius 1 is 1.38 bits per heavy atom. The molecular weight excluding hydrogens is 352 g/mol. The van der Waals surface area contributed by atoms with Gasteiger partial charge in [0, 0.05) is 37.4 Å². The number of likely N-dealkylation sites (N-methyl/N-ethyl adjacent to an activating group) is 1. The largest absolute Gasteiger partial charge is 0.419 e. The first kappa shape index (κ1) is 17.0. The predicted molar refractivity (Wildman–Crippen MR) is 100 cm³/mol. The Kier molecular flexibility index (Phi) is 4.60. The molecule has 26 heavy (non-hydrogen) atoms. The van der Waals surface area contributed by atoms with Crippen LogP contribution in [0.25, 0.3) is 11.1 Å². The van der Waals surface area contributed by atoms with Gasteiger partial charge < -0.3 is 9.73 Å². The number of fused-ring (bicyclic) bond motifs is 2. The number of nitrogens with zero attached hydrogens (tertiary/aromatic N) is 3. The lowest BCUT2D eigenvalue weighted by atomic mass is 10.2. The Bertz CT molecular complexity index is 1000. The lowest BCUT2D eigenvalue weighted by Gasteiger charge is -2.23. The maximum absolute atomic E-state index is 12.3. The lowest BCUT2D eigenvalue weighted by Crippen LogP contribution is -2.29. The minimum atomic E-state index is -0.441. The van der Waals surface area contributed by atoms with Crippen molar-refractivity contribution >= 4 is 33.5 Å². The number of rotatable bonds is 5. The number of para-hydroxylation sites is 2. The second kappa shape index (κ2) is 7.05. The number of thiazole rings is 1. The van der Waals surface area contributed by atoms with Crippen LogP contribution in [0.2, 0.25) is 0 Å². The molecule has 1 aromatic carbocycles. The van der Waals surface area contributed by atoms with Crippen molar-refractivity contribution in [2.24, 2.45) is 0 Å². The maximum atomic E-state index is 12.3. The van der Waals surface area contributed by atoms with Gasteiger partial charge in [0.05, 0.1) is 11.2 Å².